The van der Waals surface area contributed by atoms with Crippen molar-refractivity contribution in [3.63, 3.8) is 0 Å². The number of alkyl halides is 18. The van der Waals surface area contributed by atoms with E-state index in [9.17, 15) is 93.4 Å². The van der Waals surface area contributed by atoms with Gasteiger partial charge in [-0.1, -0.05) is 6.58 Å². The van der Waals surface area contributed by atoms with Gasteiger partial charge in [-0.2, -0.15) is 79.0 Å². The van der Waals surface area contributed by atoms with Crippen LogP contribution in [0.2, 0.25) is 0 Å². The zero-order valence-corrected chi connectivity index (χ0v) is 20.2. The van der Waals surface area contributed by atoms with Gasteiger partial charge >= 0.3 is 47.9 Å². The molecule has 0 aliphatic carbocycles. The number of imide groups is 1. The number of fused-ring (bicyclic) bond motifs is 2. The van der Waals surface area contributed by atoms with Crippen molar-refractivity contribution in [3.8, 4) is 0 Å². The lowest BCUT2D eigenvalue weighted by Crippen LogP contribution is -2.64. The van der Waals surface area contributed by atoms with Crippen LogP contribution in [0.15, 0.2) is 18.7 Å². The quantitative estimate of drug-likeness (QED) is 0.229. The highest BCUT2D eigenvalue weighted by atomic mass is 19.4. The molecule has 0 fully saturated rings. The van der Waals surface area contributed by atoms with Crippen LogP contribution in [0.5, 0.6) is 0 Å². The number of nitrogens with zero attached hydrogens (tertiary/aromatic N) is 2. The lowest BCUT2D eigenvalue weighted by molar-refractivity contribution is -0.395. The molecule has 0 unspecified atom stereocenters. The van der Waals surface area contributed by atoms with Gasteiger partial charge in [-0.25, -0.2) is 0 Å². The summed E-state index contributed by atoms with van der Waals surface area (Å²) in [5, 5.41) is 0. The second kappa shape index (κ2) is 9.41. The lowest BCUT2D eigenvalue weighted by atomic mass is 10.0. The average Bonchev–Trinajstić information content (AvgIpc) is 3.20. The summed E-state index contributed by atoms with van der Waals surface area (Å²) in [5.74, 6) is -48.3. The van der Waals surface area contributed by atoms with Crippen LogP contribution in [0, 0.1) is 0 Å². The lowest BCUT2D eigenvalue weighted by Gasteiger charge is -2.35. The summed E-state index contributed by atoms with van der Waals surface area (Å²) < 4.78 is 238. The third-order valence-corrected chi connectivity index (χ3v) is 6.35. The van der Waals surface area contributed by atoms with Gasteiger partial charge in [0.25, 0.3) is 17.7 Å². The van der Waals surface area contributed by atoms with Gasteiger partial charge in [-0.05, 0) is 12.1 Å². The Balaban J connectivity index is 1.95. The second-order valence-corrected chi connectivity index (χ2v) is 9.18. The molecule has 5 nitrogen and oxygen atoms in total. The number of hydrogen-bond acceptors (Lipinski definition) is 3. The summed E-state index contributed by atoms with van der Waals surface area (Å²) in [6.07, 6.45) is -14.5. The molecule has 1 aromatic rings. The van der Waals surface area contributed by atoms with Crippen LogP contribution in [0.1, 0.15) is 36.6 Å². The molecule has 0 spiro atoms. The molecule has 0 bridgehead atoms. The summed E-state index contributed by atoms with van der Waals surface area (Å²) in [5.41, 5.74) is -5.83. The molecule has 0 aromatic heterocycles. The van der Waals surface area contributed by atoms with Crippen molar-refractivity contribution in [2.75, 3.05) is 13.1 Å². The number of carbonyl (C=O) groups is 3. The van der Waals surface area contributed by atoms with Gasteiger partial charge in [0.05, 0.1) is 29.8 Å². The Morgan fingerprint density at radius 1 is 0.455 bits per heavy atom. The first-order chi connectivity index (χ1) is 19.3. The molecule has 0 saturated heterocycles. The first-order valence-electron chi connectivity index (χ1n) is 10.8. The van der Waals surface area contributed by atoms with E-state index in [1.54, 1.807) is 0 Å². The molecule has 1 aromatic carbocycles. The smallest absolute Gasteiger partial charge is 0.302 e. The largest absolute Gasteiger partial charge is 0.460 e. The van der Waals surface area contributed by atoms with E-state index in [4.69, 9.17) is 0 Å². The third-order valence-electron chi connectivity index (χ3n) is 6.35. The minimum absolute atomic E-state index is 0.125. The second-order valence-electron chi connectivity index (χ2n) is 9.18. The minimum atomic E-state index is -7.40. The zero-order chi connectivity index (χ0) is 34.6. The number of hydrogen-bond donors (Lipinski definition) is 0. The average molecular weight is 678 g/mol. The highest BCUT2D eigenvalue weighted by Crippen LogP contribution is 2.55. The van der Waals surface area contributed by atoms with Crippen molar-refractivity contribution in [2.45, 2.75) is 47.9 Å². The van der Waals surface area contributed by atoms with E-state index in [-0.39, 0.29) is 12.1 Å². The fraction of sp³-hybridized carbons (Fsp3) is 0.476. The molecule has 0 N–H and O–H groups in total. The summed E-state index contributed by atoms with van der Waals surface area (Å²) in [6, 6.07) is 0.339. The number of benzene rings is 1. The van der Waals surface area contributed by atoms with Crippen LogP contribution < -0.4 is 0 Å². The molecule has 3 amide bonds. The Morgan fingerprint density at radius 3 is 1.07 bits per heavy atom. The maximum Gasteiger partial charge on any atom is 0.460 e. The zero-order valence-electron chi connectivity index (χ0n) is 20.2. The Labute approximate surface area is 229 Å². The van der Waals surface area contributed by atoms with Gasteiger partial charge in [0.1, 0.15) is 0 Å². The van der Waals surface area contributed by atoms with Crippen molar-refractivity contribution in [1.29, 1.82) is 0 Å². The van der Waals surface area contributed by atoms with Gasteiger partial charge in [0, 0.05) is 11.3 Å². The minimum Gasteiger partial charge on any atom is -0.302 e. The standard InChI is InChI=1S/C21H8F18N2O3/c1-6-7-2-9-10(13(44)41(12(9)43)5-15(24,25)17(28,29)19(32,33)21(37,38)39)3-8(7)11(42)40(6)4-14(22,23)16(26,27)18(30,31)20(34,35)36/h2-3H,1,4-5H2. The molecule has 23 heteroatoms. The highest BCUT2D eigenvalue weighted by Gasteiger charge is 2.83. The first-order valence-corrected chi connectivity index (χ1v) is 10.8. The molecular weight excluding hydrogens is 670 g/mol. The third kappa shape index (κ3) is 4.55. The number of amides is 3. The predicted octanol–water partition coefficient (Wildman–Crippen LogP) is 6.65. The van der Waals surface area contributed by atoms with E-state index in [1.165, 1.54) is 0 Å². The Hall–Kier alpha value is -3.69. The van der Waals surface area contributed by atoms with Gasteiger partial charge in [0.15, 0.2) is 0 Å². The van der Waals surface area contributed by atoms with Gasteiger partial charge < -0.3 is 4.90 Å². The predicted molar refractivity (Wildman–Crippen MR) is 104 cm³/mol. The van der Waals surface area contributed by atoms with Gasteiger partial charge in [-0.3, -0.25) is 19.3 Å². The van der Waals surface area contributed by atoms with Crippen LogP contribution in [0.25, 0.3) is 5.70 Å². The van der Waals surface area contributed by atoms with E-state index in [1.807, 2.05) is 0 Å². The maximum absolute atomic E-state index is 14.1. The van der Waals surface area contributed by atoms with Crippen LogP contribution in [-0.2, 0) is 0 Å². The fourth-order valence-corrected chi connectivity index (χ4v) is 3.89. The Morgan fingerprint density at radius 2 is 0.727 bits per heavy atom. The van der Waals surface area contributed by atoms with Crippen LogP contribution in [-0.4, -0.2) is 88.5 Å². The SMILES string of the molecule is C=C1c2cc3c(cc2C(=O)N1CC(F)(F)C(F)(F)C(F)(F)C(F)(F)F)C(=O)N(CC(F)(F)C(F)(F)C(F)(F)C(F)(F)F)C3=O. The summed E-state index contributed by atoms with van der Waals surface area (Å²) in [4.78, 5) is 35.9. The normalized spacial score (nSPS) is 17.6. The first kappa shape index (κ1) is 34.8. The molecule has 44 heavy (non-hydrogen) atoms. The van der Waals surface area contributed by atoms with E-state index in [2.05, 4.69) is 6.58 Å². The molecule has 2 aliphatic heterocycles. The van der Waals surface area contributed by atoms with Crippen molar-refractivity contribution < 1.29 is 93.4 Å². The van der Waals surface area contributed by atoms with E-state index >= 15 is 0 Å². The van der Waals surface area contributed by atoms with E-state index < -0.39 is 116 Å². The Bertz CT molecular complexity index is 1280. The maximum atomic E-state index is 14.1. The van der Waals surface area contributed by atoms with Crippen molar-refractivity contribution in [2.24, 2.45) is 0 Å². The molecule has 0 radical (unpaired) electrons. The van der Waals surface area contributed by atoms with Crippen LogP contribution in [0.3, 0.4) is 0 Å². The van der Waals surface area contributed by atoms with Crippen molar-refractivity contribution in [1.82, 2.24) is 9.80 Å². The summed E-state index contributed by atoms with van der Waals surface area (Å²) in [7, 11) is 0. The topological polar surface area (TPSA) is 57.7 Å². The number of carbonyl (C=O) groups excluding carboxylic acids is 3. The summed E-state index contributed by atoms with van der Waals surface area (Å²) >= 11 is 0. The van der Waals surface area contributed by atoms with Crippen molar-refractivity contribution >= 4 is 23.4 Å². The van der Waals surface area contributed by atoms with E-state index in [0.29, 0.717) is 0 Å². The molecule has 2 heterocycles. The molecule has 0 saturated carbocycles. The molecule has 3 rings (SSSR count). The summed E-state index contributed by atoms with van der Waals surface area (Å²) in [6.45, 7) is -3.10. The molecule has 0 atom stereocenters. The van der Waals surface area contributed by atoms with Crippen LogP contribution >= 0.6 is 0 Å². The molecular formula is C21H8F18N2O3. The highest BCUT2D eigenvalue weighted by molar-refractivity contribution is 6.23. The molecule has 246 valence electrons. The monoisotopic (exact) mass is 678 g/mol. The van der Waals surface area contributed by atoms with Gasteiger partial charge in [0.2, 0.25) is 0 Å². The molecule has 2 aliphatic rings. The Kier molecular flexibility index (Phi) is 7.44. The number of rotatable bonds is 8. The van der Waals surface area contributed by atoms with Crippen LogP contribution in [0.4, 0.5) is 79.0 Å². The van der Waals surface area contributed by atoms with E-state index in [0.717, 1.165) is 0 Å². The van der Waals surface area contributed by atoms with Crippen molar-refractivity contribution in [3.05, 3.63) is 41.0 Å². The van der Waals surface area contributed by atoms with Gasteiger partial charge in [-0.15, -0.1) is 0 Å². The number of halogens is 18. The fourth-order valence-electron chi connectivity index (χ4n) is 3.89.